The minimum Gasteiger partial charge on any atom is -0.331 e. The van der Waals surface area contributed by atoms with Gasteiger partial charge in [0, 0.05) is 24.8 Å². The molecule has 82 valence electrons. The summed E-state index contributed by atoms with van der Waals surface area (Å²) in [4.78, 5) is 19.4. The highest BCUT2D eigenvalue weighted by molar-refractivity contribution is 5.76. The number of hydrogen-bond acceptors (Lipinski definition) is 3. The number of rotatable bonds is 2. The Morgan fingerprint density at radius 3 is 2.69 bits per heavy atom. The van der Waals surface area contributed by atoms with Gasteiger partial charge in [-0.3, -0.25) is 9.55 Å². The van der Waals surface area contributed by atoms with Crippen molar-refractivity contribution in [3.63, 3.8) is 0 Å². The molecule has 16 heavy (non-hydrogen) atoms. The van der Waals surface area contributed by atoms with E-state index in [1.165, 1.54) is 10.9 Å². The van der Waals surface area contributed by atoms with E-state index in [1.54, 1.807) is 24.8 Å². The van der Waals surface area contributed by atoms with Gasteiger partial charge in [0.05, 0.1) is 6.04 Å². The molecule has 5 nitrogen and oxygen atoms in total. The smallest absolute Gasteiger partial charge is 0.327 e. The molecule has 0 radical (unpaired) electrons. The monoisotopic (exact) mass is 216 g/mol. The highest BCUT2D eigenvalue weighted by Gasteiger charge is 2.09. The van der Waals surface area contributed by atoms with Crippen LogP contribution in [-0.4, -0.2) is 20.6 Å². The van der Waals surface area contributed by atoms with Crippen LogP contribution >= 0.6 is 0 Å². The second kappa shape index (κ2) is 4.57. The molecule has 2 rings (SSSR count). The molecule has 0 saturated carbocycles. The third-order valence-corrected chi connectivity index (χ3v) is 2.28. The van der Waals surface area contributed by atoms with Crippen molar-refractivity contribution in [1.29, 1.82) is 0 Å². The Balaban J connectivity index is 2.03. The minimum absolute atomic E-state index is 0.0575. The van der Waals surface area contributed by atoms with Crippen LogP contribution in [0.1, 0.15) is 18.5 Å². The molecule has 0 unspecified atom stereocenters. The lowest BCUT2D eigenvalue weighted by Crippen LogP contribution is -2.30. The number of carbonyl (C=O) groups is 1. The number of nitrogens with one attached hydrogen (secondary N) is 1. The van der Waals surface area contributed by atoms with Gasteiger partial charge in [0.25, 0.3) is 0 Å². The lowest BCUT2D eigenvalue weighted by molar-refractivity contribution is 0.239. The summed E-state index contributed by atoms with van der Waals surface area (Å²) in [6, 6.07) is 3.50. The number of imidazole rings is 1. The summed E-state index contributed by atoms with van der Waals surface area (Å²) in [6.07, 6.45) is 8.05. The summed E-state index contributed by atoms with van der Waals surface area (Å²) in [5, 5.41) is 2.85. The predicted molar refractivity (Wildman–Crippen MR) is 58.8 cm³/mol. The number of pyridine rings is 1. The molecule has 1 atom stereocenters. The van der Waals surface area contributed by atoms with Crippen LogP contribution in [0.4, 0.5) is 4.79 Å². The summed E-state index contributed by atoms with van der Waals surface area (Å²) in [6.45, 7) is 1.92. The first-order valence-electron chi connectivity index (χ1n) is 4.96. The van der Waals surface area contributed by atoms with Crippen molar-refractivity contribution in [1.82, 2.24) is 19.9 Å². The Kier molecular flexibility index (Phi) is 2.95. The highest BCUT2D eigenvalue weighted by Crippen LogP contribution is 2.10. The van der Waals surface area contributed by atoms with Crippen LogP contribution in [0.5, 0.6) is 0 Å². The molecule has 0 saturated heterocycles. The Hall–Kier alpha value is -2.17. The molecular weight excluding hydrogens is 204 g/mol. The first-order valence-corrected chi connectivity index (χ1v) is 4.96. The second-order valence-electron chi connectivity index (χ2n) is 3.42. The molecule has 0 aliphatic heterocycles. The lowest BCUT2D eigenvalue weighted by Gasteiger charge is -2.13. The van der Waals surface area contributed by atoms with Gasteiger partial charge in [-0.2, -0.15) is 0 Å². The van der Waals surface area contributed by atoms with E-state index >= 15 is 0 Å². The van der Waals surface area contributed by atoms with Crippen molar-refractivity contribution >= 4 is 6.03 Å². The first-order chi connectivity index (χ1) is 7.77. The molecule has 1 N–H and O–H groups in total. The molecule has 2 aromatic heterocycles. The van der Waals surface area contributed by atoms with Crippen LogP contribution in [0, 0.1) is 0 Å². The number of hydrogen-bond donors (Lipinski definition) is 1. The van der Waals surface area contributed by atoms with Gasteiger partial charge in [0.2, 0.25) is 0 Å². The Bertz CT molecular complexity index is 452. The van der Waals surface area contributed by atoms with Gasteiger partial charge < -0.3 is 5.32 Å². The van der Waals surface area contributed by atoms with Crippen molar-refractivity contribution in [2.24, 2.45) is 0 Å². The third-order valence-electron chi connectivity index (χ3n) is 2.28. The van der Waals surface area contributed by atoms with E-state index in [2.05, 4.69) is 15.3 Å². The predicted octanol–water partition coefficient (Wildman–Crippen LogP) is 1.60. The zero-order chi connectivity index (χ0) is 11.4. The molecule has 0 aromatic carbocycles. The number of aromatic nitrogens is 3. The Morgan fingerprint density at radius 2 is 2.06 bits per heavy atom. The highest BCUT2D eigenvalue weighted by atomic mass is 16.2. The zero-order valence-electron chi connectivity index (χ0n) is 8.87. The summed E-state index contributed by atoms with van der Waals surface area (Å²) in [7, 11) is 0. The van der Waals surface area contributed by atoms with E-state index in [4.69, 9.17) is 0 Å². The zero-order valence-corrected chi connectivity index (χ0v) is 8.87. The molecule has 2 aromatic rings. The SMILES string of the molecule is C[C@H](NC(=O)n1ccnc1)c1ccncc1. The van der Waals surface area contributed by atoms with Crippen LogP contribution < -0.4 is 5.32 Å². The van der Waals surface area contributed by atoms with Gasteiger partial charge in [0.15, 0.2) is 0 Å². The third kappa shape index (κ3) is 2.25. The van der Waals surface area contributed by atoms with E-state index in [1.807, 2.05) is 19.1 Å². The summed E-state index contributed by atoms with van der Waals surface area (Å²) < 4.78 is 1.40. The maximum atomic E-state index is 11.7. The van der Waals surface area contributed by atoms with Gasteiger partial charge in [-0.15, -0.1) is 0 Å². The topological polar surface area (TPSA) is 59.8 Å². The fourth-order valence-corrected chi connectivity index (χ4v) is 1.37. The van der Waals surface area contributed by atoms with Crippen molar-refractivity contribution in [3.8, 4) is 0 Å². The van der Waals surface area contributed by atoms with Crippen molar-refractivity contribution in [3.05, 3.63) is 48.8 Å². The van der Waals surface area contributed by atoms with E-state index in [9.17, 15) is 4.79 Å². The van der Waals surface area contributed by atoms with Gasteiger partial charge in [0.1, 0.15) is 6.33 Å². The van der Waals surface area contributed by atoms with Crippen molar-refractivity contribution in [2.45, 2.75) is 13.0 Å². The molecule has 2 heterocycles. The minimum atomic E-state index is -0.193. The van der Waals surface area contributed by atoms with E-state index in [0.29, 0.717) is 0 Å². The van der Waals surface area contributed by atoms with Crippen LogP contribution in [0.15, 0.2) is 43.2 Å². The molecule has 0 aliphatic carbocycles. The molecule has 0 spiro atoms. The lowest BCUT2D eigenvalue weighted by atomic mass is 10.1. The molecular formula is C11H12N4O. The molecule has 1 amide bonds. The van der Waals surface area contributed by atoms with Crippen LogP contribution in [0.3, 0.4) is 0 Å². The van der Waals surface area contributed by atoms with Gasteiger partial charge in [-0.25, -0.2) is 9.78 Å². The number of carbonyl (C=O) groups excluding carboxylic acids is 1. The molecule has 0 aliphatic rings. The number of nitrogens with zero attached hydrogens (tertiary/aromatic N) is 3. The fraction of sp³-hybridized carbons (Fsp3) is 0.182. The standard InChI is InChI=1S/C11H12N4O/c1-9(10-2-4-12-5-3-10)14-11(16)15-7-6-13-8-15/h2-9H,1H3,(H,14,16)/t9-/m0/s1. The Morgan fingerprint density at radius 1 is 1.31 bits per heavy atom. The number of amides is 1. The average molecular weight is 216 g/mol. The van der Waals surface area contributed by atoms with Crippen LogP contribution in [-0.2, 0) is 0 Å². The fourth-order valence-electron chi connectivity index (χ4n) is 1.37. The summed E-state index contributed by atoms with van der Waals surface area (Å²) >= 11 is 0. The van der Waals surface area contributed by atoms with E-state index < -0.39 is 0 Å². The molecule has 5 heteroatoms. The largest absolute Gasteiger partial charge is 0.331 e. The Labute approximate surface area is 93.2 Å². The van der Waals surface area contributed by atoms with E-state index in [-0.39, 0.29) is 12.1 Å². The van der Waals surface area contributed by atoms with Crippen molar-refractivity contribution < 1.29 is 4.79 Å². The van der Waals surface area contributed by atoms with Gasteiger partial charge in [-0.1, -0.05) is 0 Å². The second-order valence-corrected chi connectivity index (χ2v) is 3.42. The van der Waals surface area contributed by atoms with Crippen LogP contribution in [0.25, 0.3) is 0 Å². The van der Waals surface area contributed by atoms with Crippen molar-refractivity contribution in [2.75, 3.05) is 0 Å². The first kappa shape index (κ1) is 10.4. The maximum absolute atomic E-state index is 11.7. The molecule has 0 fully saturated rings. The van der Waals surface area contributed by atoms with Gasteiger partial charge >= 0.3 is 6.03 Å². The maximum Gasteiger partial charge on any atom is 0.327 e. The van der Waals surface area contributed by atoms with Crippen LogP contribution in [0.2, 0.25) is 0 Å². The summed E-state index contributed by atoms with van der Waals surface area (Å²) in [5.41, 5.74) is 1.02. The summed E-state index contributed by atoms with van der Waals surface area (Å²) in [5.74, 6) is 0. The quantitative estimate of drug-likeness (QED) is 0.829. The molecule has 0 bridgehead atoms. The average Bonchev–Trinajstić information content (AvgIpc) is 2.83. The van der Waals surface area contributed by atoms with Gasteiger partial charge in [-0.05, 0) is 24.6 Å². The van der Waals surface area contributed by atoms with E-state index in [0.717, 1.165) is 5.56 Å². The normalized spacial score (nSPS) is 12.1.